The molecular formula is C45H84NO7P. The maximum absolute atomic E-state index is 12.6. The molecule has 0 aliphatic carbocycles. The highest BCUT2D eigenvalue weighted by molar-refractivity contribution is 7.47. The first-order valence-corrected chi connectivity index (χ1v) is 23.6. The summed E-state index contributed by atoms with van der Waals surface area (Å²) in [7, 11) is -4.28. The third kappa shape index (κ3) is 41.6. The van der Waals surface area contributed by atoms with Crippen molar-refractivity contribution in [2.24, 2.45) is 5.73 Å². The molecule has 0 fully saturated rings. The third-order valence-corrected chi connectivity index (χ3v) is 10.2. The minimum Gasteiger partial charge on any atom is -0.457 e. The van der Waals surface area contributed by atoms with Gasteiger partial charge in [-0.05, 0) is 70.6 Å². The number of phosphoric acid groups is 1. The molecular weight excluding hydrogens is 697 g/mol. The van der Waals surface area contributed by atoms with Gasteiger partial charge >= 0.3 is 13.8 Å². The fourth-order valence-corrected chi connectivity index (χ4v) is 6.77. The van der Waals surface area contributed by atoms with Crippen molar-refractivity contribution < 1.29 is 32.8 Å². The molecule has 0 aromatic heterocycles. The van der Waals surface area contributed by atoms with E-state index in [1.165, 1.54) is 109 Å². The molecule has 3 N–H and O–H groups in total. The molecule has 0 aliphatic rings. The smallest absolute Gasteiger partial charge is 0.457 e. The molecule has 0 heterocycles. The lowest BCUT2D eigenvalue weighted by Gasteiger charge is -2.20. The number of allylic oxidation sites excluding steroid dienone is 8. The average molecular weight is 782 g/mol. The number of nitrogens with two attached hydrogens (primary N) is 1. The predicted molar refractivity (Wildman–Crippen MR) is 229 cm³/mol. The van der Waals surface area contributed by atoms with Gasteiger partial charge in [0.1, 0.15) is 6.10 Å². The van der Waals surface area contributed by atoms with E-state index in [2.05, 4.69) is 62.5 Å². The van der Waals surface area contributed by atoms with Gasteiger partial charge < -0.3 is 20.1 Å². The lowest BCUT2D eigenvalue weighted by Crippen LogP contribution is -2.28. The quantitative estimate of drug-likeness (QED) is 0.0272. The topological polar surface area (TPSA) is 117 Å². The summed E-state index contributed by atoms with van der Waals surface area (Å²) in [6, 6.07) is 0. The van der Waals surface area contributed by atoms with Crippen LogP contribution in [-0.4, -0.2) is 49.9 Å². The van der Waals surface area contributed by atoms with Crippen LogP contribution in [0.25, 0.3) is 0 Å². The first-order valence-electron chi connectivity index (χ1n) is 22.1. The lowest BCUT2D eigenvalue weighted by atomic mass is 10.1. The van der Waals surface area contributed by atoms with E-state index in [1.807, 2.05) is 0 Å². The average Bonchev–Trinajstić information content (AvgIpc) is 3.16. The second kappa shape index (κ2) is 42.6. The fourth-order valence-electron chi connectivity index (χ4n) is 6.01. The maximum atomic E-state index is 12.6. The highest BCUT2D eigenvalue weighted by Crippen LogP contribution is 2.43. The van der Waals surface area contributed by atoms with E-state index in [0.29, 0.717) is 13.0 Å². The molecule has 0 amide bonds. The molecule has 0 aromatic carbocycles. The Kier molecular flexibility index (Phi) is 41.4. The van der Waals surface area contributed by atoms with Gasteiger partial charge in [-0.15, -0.1) is 0 Å². The van der Waals surface area contributed by atoms with Crippen molar-refractivity contribution in [2.75, 3.05) is 33.0 Å². The van der Waals surface area contributed by atoms with Crippen molar-refractivity contribution in [3.8, 4) is 0 Å². The summed E-state index contributed by atoms with van der Waals surface area (Å²) in [4.78, 5) is 22.5. The van der Waals surface area contributed by atoms with E-state index in [1.54, 1.807) is 0 Å². The Morgan fingerprint density at radius 3 is 1.57 bits per heavy atom. The van der Waals surface area contributed by atoms with Gasteiger partial charge in [0.25, 0.3) is 0 Å². The van der Waals surface area contributed by atoms with Gasteiger partial charge in [0.2, 0.25) is 0 Å². The first-order chi connectivity index (χ1) is 26.4. The molecule has 0 saturated heterocycles. The van der Waals surface area contributed by atoms with Crippen LogP contribution in [0.4, 0.5) is 0 Å². The van der Waals surface area contributed by atoms with Crippen LogP contribution in [0.15, 0.2) is 48.6 Å². The molecule has 8 nitrogen and oxygen atoms in total. The summed E-state index contributed by atoms with van der Waals surface area (Å²) in [6.45, 7) is 4.78. The number of hydrogen-bond donors (Lipinski definition) is 2. The Labute approximate surface area is 332 Å². The van der Waals surface area contributed by atoms with E-state index in [9.17, 15) is 14.3 Å². The summed E-state index contributed by atoms with van der Waals surface area (Å²) < 4.78 is 33.4. The van der Waals surface area contributed by atoms with Crippen LogP contribution in [0.5, 0.6) is 0 Å². The van der Waals surface area contributed by atoms with Crippen molar-refractivity contribution in [3.05, 3.63) is 48.6 Å². The molecule has 9 heteroatoms. The highest BCUT2D eigenvalue weighted by Gasteiger charge is 2.25. The number of esters is 1. The van der Waals surface area contributed by atoms with Crippen LogP contribution in [0.3, 0.4) is 0 Å². The second-order valence-electron chi connectivity index (χ2n) is 14.5. The molecule has 0 spiro atoms. The Morgan fingerprint density at radius 2 is 1.04 bits per heavy atom. The number of ether oxygens (including phenoxy) is 2. The van der Waals surface area contributed by atoms with Crippen LogP contribution in [0.1, 0.15) is 194 Å². The van der Waals surface area contributed by atoms with Gasteiger partial charge in [-0.25, -0.2) is 4.57 Å². The Morgan fingerprint density at radius 1 is 0.574 bits per heavy atom. The SMILES string of the molecule is CC/C=C\C/C=C\C/C=C\CCCCCCCCOCC(COP(=O)(O)OCCN)OC(=O)CCCCCCCCCCC/C=C\CCCCCCCC. The summed E-state index contributed by atoms with van der Waals surface area (Å²) >= 11 is 0. The standard InChI is InChI=1S/C45H84NO7P/c1-3-5-7-9-11-13-15-17-19-21-22-23-24-26-28-30-32-34-36-38-45(47)53-44(43-52-54(48,49)51-41-39-46)42-50-40-37-35-33-31-29-27-25-20-18-16-14-12-10-8-6-4-2/h6,8,12,14,17-20,44H,3-5,7,9-11,13,15-16,21-43,46H2,1-2H3,(H,48,49)/b8-6-,14-12-,19-17-,20-18-. The number of carbonyl (C=O) groups is 1. The van der Waals surface area contributed by atoms with Crippen LogP contribution in [-0.2, 0) is 27.9 Å². The zero-order valence-corrected chi connectivity index (χ0v) is 35.8. The van der Waals surface area contributed by atoms with Gasteiger partial charge in [-0.3, -0.25) is 13.8 Å². The van der Waals surface area contributed by atoms with Crippen molar-refractivity contribution in [3.63, 3.8) is 0 Å². The molecule has 0 aromatic rings. The highest BCUT2D eigenvalue weighted by atomic mass is 31.2. The largest absolute Gasteiger partial charge is 0.472 e. The van der Waals surface area contributed by atoms with Crippen molar-refractivity contribution >= 4 is 13.8 Å². The molecule has 2 atom stereocenters. The lowest BCUT2D eigenvalue weighted by molar-refractivity contribution is -0.154. The van der Waals surface area contributed by atoms with Crippen molar-refractivity contribution in [2.45, 2.75) is 200 Å². The summed E-state index contributed by atoms with van der Waals surface area (Å²) in [5.74, 6) is -0.338. The van der Waals surface area contributed by atoms with Crippen molar-refractivity contribution in [1.29, 1.82) is 0 Å². The second-order valence-corrected chi connectivity index (χ2v) is 16.0. The fraction of sp³-hybridized carbons (Fsp3) is 0.800. The van der Waals surface area contributed by atoms with E-state index in [-0.39, 0.29) is 32.3 Å². The van der Waals surface area contributed by atoms with E-state index >= 15 is 0 Å². The van der Waals surface area contributed by atoms with Crippen molar-refractivity contribution in [1.82, 2.24) is 0 Å². The van der Waals surface area contributed by atoms with E-state index in [4.69, 9.17) is 24.3 Å². The Bertz CT molecular complexity index is 968. The number of rotatable bonds is 42. The van der Waals surface area contributed by atoms with Gasteiger partial charge in [0.15, 0.2) is 0 Å². The molecule has 0 rings (SSSR count). The molecule has 0 saturated carbocycles. The van der Waals surface area contributed by atoms with Gasteiger partial charge in [-0.1, -0.05) is 165 Å². The minimum absolute atomic E-state index is 0.0964. The summed E-state index contributed by atoms with van der Waals surface area (Å²) in [5, 5.41) is 0. The molecule has 0 aliphatic heterocycles. The minimum atomic E-state index is -4.28. The zero-order valence-electron chi connectivity index (χ0n) is 35.0. The third-order valence-electron chi connectivity index (χ3n) is 9.23. The number of phosphoric ester groups is 1. The molecule has 54 heavy (non-hydrogen) atoms. The first kappa shape index (κ1) is 52.5. The van der Waals surface area contributed by atoms with Gasteiger partial charge in [0.05, 0.1) is 19.8 Å². The Balaban J connectivity index is 4.03. The molecule has 2 unspecified atom stereocenters. The predicted octanol–water partition coefficient (Wildman–Crippen LogP) is 13.2. The van der Waals surface area contributed by atoms with Crippen LogP contribution >= 0.6 is 7.82 Å². The van der Waals surface area contributed by atoms with Gasteiger partial charge in [0, 0.05) is 19.6 Å². The van der Waals surface area contributed by atoms with E-state index in [0.717, 1.165) is 64.2 Å². The Hall–Kier alpha value is -1.54. The van der Waals surface area contributed by atoms with Crippen LogP contribution < -0.4 is 5.73 Å². The molecule has 316 valence electrons. The maximum Gasteiger partial charge on any atom is 0.472 e. The molecule has 0 bridgehead atoms. The monoisotopic (exact) mass is 782 g/mol. The number of hydrogen-bond acceptors (Lipinski definition) is 7. The number of unbranched alkanes of at least 4 members (excludes halogenated alkanes) is 21. The van der Waals surface area contributed by atoms with E-state index < -0.39 is 13.9 Å². The van der Waals surface area contributed by atoms with Crippen LogP contribution in [0.2, 0.25) is 0 Å². The summed E-state index contributed by atoms with van der Waals surface area (Å²) in [6.07, 6.45) is 49.8. The van der Waals surface area contributed by atoms with Crippen LogP contribution in [0, 0.1) is 0 Å². The zero-order chi connectivity index (χ0) is 39.5. The normalized spacial score (nSPS) is 13.9. The summed E-state index contributed by atoms with van der Waals surface area (Å²) in [5.41, 5.74) is 5.37. The number of carbonyl (C=O) groups excluding carboxylic acids is 1. The van der Waals surface area contributed by atoms with Gasteiger partial charge in [-0.2, -0.15) is 0 Å². The molecule has 0 radical (unpaired) electrons.